The standard InChI is InChI=1S/C14H21NO5/c1-2-14(6-16,7-17)15-12(18)10-8-3-4-9(5-8)11(10)13(19)20/h3-4,8-11,16-17H,2,5-7H2,1H3,(H,15,18)(H,19,20)/t8?,9?,10-,11+/m0/s1. The average Bonchev–Trinajstić information content (AvgIpc) is 3.05. The molecule has 0 aliphatic heterocycles. The third-order valence-corrected chi connectivity index (χ3v) is 4.72. The van der Waals surface area contributed by atoms with Gasteiger partial charge in [-0.3, -0.25) is 9.59 Å². The van der Waals surface area contributed by atoms with Crippen LogP contribution in [-0.4, -0.2) is 45.9 Å². The summed E-state index contributed by atoms with van der Waals surface area (Å²) in [4.78, 5) is 23.8. The van der Waals surface area contributed by atoms with Crippen molar-refractivity contribution in [2.75, 3.05) is 13.2 Å². The number of hydrogen-bond acceptors (Lipinski definition) is 4. The Labute approximate surface area is 117 Å². The van der Waals surface area contributed by atoms with E-state index in [9.17, 15) is 24.9 Å². The van der Waals surface area contributed by atoms with E-state index < -0.39 is 23.3 Å². The summed E-state index contributed by atoms with van der Waals surface area (Å²) in [6.45, 7) is 1.00. The number of aliphatic hydroxyl groups is 2. The van der Waals surface area contributed by atoms with E-state index in [2.05, 4.69) is 5.32 Å². The Bertz CT molecular complexity index is 421. The van der Waals surface area contributed by atoms with Gasteiger partial charge < -0.3 is 20.6 Å². The summed E-state index contributed by atoms with van der Waals surface area (Å²) < 4.78 is 0. The number of allylic oxidation sites excluding steroid dienone is 2. The van der Waals surface area contributed by atoms with Crippen LogP contribution in [0, 0.1) is 23.7 Å². The molecule has 112 valence electrons. The van der Waals surface area contributed by atoms with Gasteiger partial charge in [-0.2, -0.15) is 0 Å². The van der Waals surface area contributed by atoms with Gasteiger partial charge in [0.25, 0.3) is 0 Å². The number of hydrogen-bond donors (Lipinski definition) is 4. The van der Waals surface area contributed by atoms with Crippen molar-refractivity contribution in [1.82, 2.24) is 5.32 Å². The highest BCUT2D eigenvalue weighted by Crippen LogP contribution is 2.48. The second kappa shape index (κ2) is 5.54. The Hall–Kier alpha value is -1.40. The number of amides is 1. The number of rotatable bonds is 6. The zero-order valence-corrected chi connectivity index (χ0v) is 11.5. The fraction of sp³-hybridized carbons (Fsp3) is 0.714. The molecule has 1 amide bonds. The van der Waals surface area contributed by atoms with E-state index in [1.165, 1.54) is 0 Å². The smallest absolute Gasteiger partial charge is 0.307 e. The predicted molar refractivity (Wildman–Crippen MR) is 70.7 cm³/mol. The van der Waals surface area contributed by atoms with Gasteiger partial charge in [-0.25, -0.2) is 0 Å². The van der Waals surface area contributed by atoms with E-state index in [0.29, 0.717) is 12.8 Å². The number of carbonyl (C=O) groups excluding carboxylic acids is 1. The van der Waals surface area contributed by atoms with Crippen LogP contribution in [0.4, 0.5) is 0 Å². The molecule has 0 aromatic heterocycles. The van der Waals surface area contributed by atoms with Crippen LogP contribution in [0.5, 0.6) is 0 Å². The Morgan fingerprint density at radius 3 is 2.20 bits per heavy atom. The third-order valence-electron chi connectivity index (χ3n) is 4.72. The molecule has 6 nitrogen and oxygen atoms in total. The molecule has 0 radical (unpaired) electrons. The Kier molecular flexibility index (Phi) is 4.15. The Morgan fingerprint density at radius 2 is 1.75 bits per heavy atom. The summed E-state index contributed by atoms with van der Waals surface area (Å²) in [5, 5.41) is 30.7. The molecule has 4 N–H and O–H groups in total. The first-order chi connectivity index (χ1) is 9.48. The van der Waals surface area contributed by atoms with Gasteiger partial charge in [0.2, 0.25) is 5.91 Å². The first-order valence-electron chi connectivity index (χ1n) is 6.93. The minimum absolute atomic E-state index is 0.0620. The van der Waals surface area contributed by atoms with Gasteiger partial charge in [0, 0.05) is 0 Å². The molecule has 0 aromatic rings. The second-order valence-electron chi connectivity index (χ2n) is 5.78. The number of nitrogens with one attached hydrogen (secondary N) is 1. The normalized spacial score (nSPS) is 31.6. The molecule has 2 aliphatic carbocycles. The van der Waals surface area contributed by atoms with Gasteiger partial charge in [-0.1, -0.05) is 19.1 Å². The Balaban J connectivity index is 2.16. The lowest BCUT2D eigenvalue weighted by atomic mass is 9.81. The summed E-state index contributed by atoms with van der Waals surface area (Å²) in [5.74, 6) is -2.83. The molecule has 1 saturated carbocycles. The second-order valence-corrected chi connectivity index (χ2v) is 5.78. The molecule has 2 rings (SSSR count). The van der Waals surface area contributed by atoms with Crippen molar-refractivity contribution in [3.8, 4) is 0 Å². The fourth-order valence-corrected chi connectivity index (χ4v) is 3.30. The zero-order valence-electron chi connectivity index (χ0n) is 11.5. The summed E-state index contributed by atoms with van der Waals surface area (Å²) in [7, 11) is 0. The van der Waals surface area contributed by atoms with Gasteiger partial charge in [-0.15, -0.1) is 0 Å². The summed E-state index contributed by atoms with van der Waals surface area (Å²) in [6, 6.07) is 0. The van der Waals surface area contributed by atoms with Crippen LogP contribution in [0.1, 0.15) is 19.8 Å². The molecule has 0 aromatic carbocycles. The molecule has 0 saturated heterocycles. The molecule has 1 fully saturated rings. The van der Waals surface area contributed by atoms with E-state index in [0.717, 1.165) is 0 Å². The summed E-state index contributed by atoms with van der Waals surface area (Å²) in [6.07, 6.45) is 4.84. The van der Waals surface area contributed by atoms with Crippen molar-refractivity contribution >= 4 is 11.9 Å². The maximum atomic E-state index is 12.4. The lowest BCUT2D eigenvalue weighted by Crippen LogP contribution is -2.56. The third kappa shape index (κ3) is 2.33. The quantitative estimate of drug-likeness (QED) is 0.503. The Morgan fingerprint density at radius 1 is 1.20 bits per heavy atom. The molecule has 4 atom stereocenters. The lowest BCUT2D eigenvalue weighted by molar-refractivity contribution is -0.148. The number of carboxylic acids is 1. The van der Waals surface area contributed by atoms with Crippen LogP contribution in [0.2, 0.25) is 0 Å². The highest BCUT2D eigenvalue weighted by molar-refractivity contribution is 5.87. The van der Waals surface area contributed by atoms with Crippen LogP contribution in [0.3, 0.4) is 0 Å². The molecule has 2 unspecified atom stereocenters. The zero-order chi connectivity index (χ0) is 14.9. The molecule has 20 heavy (non-hydrogen) atoms. The molecule has 0 heterocycles. The summed E-state index contributed by atoms with van der Waals surface area (Å²) in [5.41, 5.74) is -1.08. The van der Waals surface area contributed by atoms with Crippen LogP contribution in [0.25, 0.3) is 0 Å². The number of carboxylic acid groups (broad SMARTS) is 1. The minimum Gasteiger partial charge on any atom is -0.481 e. The van der Waals surface area contributed by atoms with Crippen LogP contribution >= 0.6 is 0 Å². The van der Waals surface area contributed by atoms with Gasteiger partial charge in [0.05, 0.1) is 30.6 Å². The van der Waals surface area contributed by atoms with E-state index in [-0.39, 0.29) is 31.0 Å². The maximum Gasteiger partial charge on any atom is 0.307 e. The van der Waals surface area contributed by atoms with E-state index in [1.54, 1.807) is 6.92 Å². The lowest BCUT2D eigenvalue weighted by Gasteiger charge is -2.33. The van der Waals surface area contributed by atoms with Crippen molar-refractivity contribution in [1.29, 1.82) is 0 Å². The van der Waals surface area contributed by atoms with Crippen LogP contribution in [-0.2, 0) is 9.59 Å². The maximum absolute atomic E-state index is 12.4. The number of fused-ring (bicyclic) bond motifs is 2. The van der Waals surface area contributed by atoms with Crippen molar-refractivity contribution in [2.24, 2.45) is 23.7 Å². The molecule has 2 aliphatic rings. The van der Waals surface area contributed by atoms with Gasteiger partial charge in [0.15, 0.2) is 0 Å². The average molecular weight is 283 g/mol. The van der Waals surface area contributed by atoms with Gasteiger partial charge >= 0.3 is 5.97 Å². The van der Waals surface area contributed by atoms with Crippen molar-refractivity contribution in [2.45, 2.75) is 25.3 Å². The molecule has 2 bridgehead atoms. The topological polar surface area (TPSA) is 107 Å². The monoisotopic (exact) mass is 283 g/mol. The molecular formula is C14H21NO5. The van der Waals surface area contributed by atoms with E-state index in [4.69, 9.17) is 0 Å². The van der Waals surface area contributed by atoms with Gasteiger partial charge in [-0.05, 0) is 24.7 Å². The highest BCUT2D eigenvalue weighted by Gasteiger charge is 2.52. The van der Waals surface area contributed by atoms with Crippen molar-refractivity contribution in [3.05, 3.63) is 12.2 Å². The van der Waals surface area contributed by atoms with Crippen molar-refractivity contribution < 1.29 is 24.9 Å². The molecule has 0 spiro atoms. The molecular weight excluding hydrogens is 262 g/mol. The van der Waals surface area contributed by atoms with Crippen LogP contribution < -0.4 is 5.32 Å². The fourth-order valence-electron chi connectivity index (χ4n) is 3.30. The highest BCUT2D eigenvalue weighted by atomic mass is 16.4. The predicted octanol–water partition coefficient (Wildman–Crippen LogP) is -0.241. The first kappa shape index (κ1) is 15.0. The largest absolute Gasteiger partial charge is 0.481 e. The van der Waals surface area contributed by atoms with Crippen molar-refractivity contribution in [3.63, 3.8) is 0 Å². The minimum atomic E-state index is -1.08. The van der Waals surface area contributed by atoms with Crippen LogP contribution in [0.15, 0.2) is 12.2 Å². The molecule has 6 heteroatoms. The number of aliphatic carboxylic acids is 1. The summed E-state index contributed by atoms with van der Waals surface area (Å²) >= 11 is 0. The number of aliphatic hydroxyl groups excluding tert-OH is 2. The van der Waals surface area contributed by atoms with E-state index >= 15 is 0 Å². The number of carbonyl (C=O) groups is 2. The van der Waals surface area contributed by atoms with Gasteiger partial charge in [0.1, 0.15) is 0 Å². The van der Waals surface area contributed by atoms with E-state index in [1.807, 2.05) is 12.2 Å². The SMILES string of the molecule is CCC(CO)(CO)NC(=O)[C@H]1C2C=CC(C2)[C@H]1C(=O)O. The first-order valence-corrected chi connectivity index (χ1v) is 6.93.